The zero-order valence-corrected chi connectivity index (χ0v) is 13.6. The summed E-state index contributed by atoms with van der Waals surface area (Å²) in [7, 11) is -3.15. The third kappa shape index (κ3) is 2.30. The number of aromatic nitrogens is 2. The number of nitrogens with one attached hydrogen (secondary N) is 1. The molecule has 0 radical (unpaired) electrons. The molecule has 2 aromatic heterocycles. The highest BCUT2D eigenvalue weighted by Crippen LogP contribution is 2.33. The van der Waals surface area contributed by atoms with Gasteiger partial charge < -0.3 is 4.98 Å². The lowest BCUT2D eigenvalue weighted by Crippen LogP contribution is -2.25. The van der Waals surface area contributed by atoms with Crippen molar-refractivity contribution in [3.8, 4) is 11.1 Å². The fourth-order valence-electron chi connectivity index (χ4n) is 3.21. The molecule has 1 aromatic carbocycles. The molecule has 1 aliphatic heterocycles. The molecule has 0 unspecified atom stereocenters. The number of H-pyrrole nitrogens is 1. The molecule has 5 nitrogen and oxygen atoms in total. The molecule has 118 valence electrons. The van der Waals surface area contributed by atoms with E-state index >= 15 is 0 Å². The number of nitrogens with zero attached hydrogens (tertiary/aromatic N) is 2. The van der Waals surface area contributed by atoms with Gasteiger partial charge in [0.25, 0.3) is 0 Å². The molecule has 1 saturated heterocycles. The lowest BCUT2D eigenvalue weighted by Gasteiger charge is -2.19. The van der Waals surface area contributed by atoms with E-state index < -0.39 is 10.0 Å². The molecule has 0 amide bonds. The Kier molecular flexibility index (Phi) is 3.16. The van der Waals surface area contributed by atoms with E-state index in [-0.39, 0.29) is 5.75 Å². The van der Waals surface area contributed by atoms with Crippen molar-refractivity contribution in [2.24, 2.45) is 0 Å². The Morgan fingerprint density at radius 1 is 1.26 bits per heavy atom. The molecule has 23 heavy (non-hydrogen) atoms. The number of hydrogen-bond acceptors (Lipinski definition) is 3. The van der Waals surface area contributed by atoms with E-state index in [1.54, 1.807) is 6.20 Å². The van der Waals surface area contributed by atoms with Gasteiger partial charge in [0.1, 0.15) is 0 Å². The third-order valence-corrected chi connectivity index (χ3v) is 6.21. The molecular formula is C17H17N3O2S. The number of benzene rings is 1. The summed E-state index contributed by atoms with van der Waals surface area (Å²) in [5.41, 5.74) is 4.92. The summed E-state index contributed by atoms with van der Waals surface area (Å²) in [6, 6.07) is 7.87. The van der Waals surface area contributed by atoms with Crippen LogP contribution in [-0.4, -0.2) is 30.7 Å². The average Bonchev–Trinajstić information content (AvgIpc) is 3.10. The summed E-state index contributed by atoms with van der Waals surface area (Å²) in [6.07, 6.45) is 6.26. The lowest BCUT2D eigenvalue weighted by molar-refractivity contribution is 0.599. The van der Waals surface area contributed by atoms with Crippen LogP contribution >= 0.6 is 0 Å². The number of fused-ring (bicyclic) bond motifs is 1. The van der Waals surface area contributed by atoms with Crippen molar-refractivity contribution in [3.05, 3.63) is 48.4 Å². The lowest BCUT2D eigenvalue weighted by atomic mass is 10.0. The van der Waals surface area contributed by atoms with Crippen LogP contribution in [0.3, 0.4) is 0 Å². The van der Waals surface area contributed by atoms with Gasteiger partial charge in [0.15, 0.2) is 0 Å². The van der Waals surface area contributed by atoms with Gasteiger partial charge in [-0.05, 0) is 42.7 Å². The Labute approximate surface area is 135 Å². The average molecular weight is 327 g/mol. The van der Waals surface area contributed by atoms with E-state index in [1.807, 2.05) is 43.6 Å². The monoisotopic (exact) mass is 327 g/mol. The molecule has 0 bridgehead atoms. The number of aromatic amines is 1. The zero-order chi connectivity index (χ0) is 16.0. The quantitative estimate of drug-likeness (QED) is 0.786. The van der Waals surface area contributed by atoms with E-state index in [0.717, 1.165) is 33.3 Å². The molecule has 3 heterocycles. The predicted octanol–water partition coefficient (Wildman–Crippen LogP) is 3.08. The molecule has 3 aromatic rings. The standard InChI is InChI=1S/C17H17N3O2S/c1-12-9-13(14-11-19-16-5-6-18-10-15(14)16)3-4-17(12)20-7-2-8-23(20,21)22/h3-6,9-11,19H,2,7-8H2,1H3. The van der Waals surface area contributed by atoms with Crippen LogP contribution in [0.5, 0.6) is 0 Å². The van der Waals surface area contributed by atoms with Crippen molar-refractivity contribution in [2.45, 2.75) is 13.3 Å². The van der Waals surface area contributed by atoms with Gasteiger partial charge in [0, 0.05) is 41.6 Å². The topological polar surface area (TPSA) is 66.1 Å². The summed E-state index contributed by atoms with van der Waals surface area (Å²) in [4.78, 5) is 7.43. The first-order chi connectivity index (χ1) is 11.1. The maximum atomic E-state index is 12.1. The van der Waals surface area contributed by atoms with Crippen LogP contribution in [0.25, 0.3) is 22.0 Å². The zero-order valence-electron chi connectivity index (χ0n) is 12.8. The third-order valence-electron chi connectivity index (χ3n) is 4.36. The van der Waals surface area contributed by atoms with Gasteiger partial charge in [0.2, 0.25) is 10.0 Å². The fourth-order valence-corrected chi connectivity index (χ4v) is 4.84. The van der Waals surface area contributed by atoms with E-state index in [9.17, 15) is 8.42 Å². The summed E-state index contributed by atoms with van der Waals surface area (Å²) in [5, 5.41) is 1.06. The van der Waals surface area contributed by atoms with Crippen molar-refractivity contribution in [2.75, 3.05) is 16.6 Å². The van der Waals surface area contributed by atoms with Gasteiger partial charge in [-0.1, -0.05) is 6.07 Å². The number of rotatable bonds is 2. The normalized spacial score (nSPS) is 17.0. The number of pyridine rings is 1. The Balaban J connectivity index is 1.80. The Hall–Kier alpha value is -2.34. The minimum absolute atomic E-state index is 0.238. The molecule has 1 N–H and O–H groups in total. The SMILES string of the molecule is Cc1cc(-c2c[nH]c3ccncc23)ccc1N1CCCS1(=O)=O. The molecule has 1 fully saturated rings. The summed E-state index contributed by atoms with van der Waals surface area (Å²) in [6.45, 7) is 2.53. The summed E-state index contributed by atoms with van der Waals surface area (Å²) in [5.74, 6) is 0.238. The molecule has 0 aliphatic carbocycles. The van der Waals surface area contributed by atoms with Gasteiger partial charge in [-0.15, -0.1) is 0 Å². The first kappa shape index (κ1) is 14.3. The first-order valence-electron chi connectivity index (χ1n) is 7.59. The van der Waals surface area contributed by atoms with Crippen LogP contribution in [0.1, 0.15) is 12.0 Å². The Morgan fingerprint density at radius 3 is 2.87 bits per heavy atom. The Morgan fingerprint density at radius 2 is 2.13 bits per heavy atom. The Bertz CT molecular complexity index is 992. The summed E-state index contributed by atoms with van der Waals surface area (Å²) < 4.78 is 25.8. The van der Waals surface area contributed by atoms with E-state index in [4.69, 9.17) is 0 Å². The van der Waals surface area contributed by atoms with Gasteiger partial charge in [-0.3, -0.25) is 9.29 Å². The number of sulfonamides is 1. The second-order valence-corrected chi connectivity index (χ2v) is 7.88. The van der Waals surface area contributed by atoms with Gasteiger partial charge in [0.05, 0.1) is 11.4 Å². The maximum Gasteiger partial charge on any atom is 0.235 e. The molecule has 1 aliphatic rings. The first-order valence-corrected chi connectivity index (χ1v) is 9.20. The van der Waals surface area contributed by atoms with Crippen LogP contribution in [0.2, 0.25) is 0 Å². The molecular weight excluding hydrogens is 310 g/mol. The van der Waals surface area contributed by atoms with Gasteiger partial charge in [-0.25, -0.2) is 8.42 Å². The minimum atomic E-state index is -3.15. The van der Waals surface area contributed by atoms with E-state index in [2.05, 4.69) is 9.97 Å². The number of hydrogen-bond donors (Lipinski definition) is 1. The molecule has 0 atom stereocenters. The van der Waals surface area contributed by atoms with Gasteiger partial charge >= 0.3 is 0 Å². The highest BCUT2D eigenvalue weighted by molar-refractivity contribution is 7.93. The van der Waals surface area contributed by atoms with Crippen molar-refractivity contribution in [1.29, 1.82) is 0 Å². The molecule has 6 heteroatoms. The number of anilines is 1. The smallest absolute Gasteiger partial charge is 0.235 e. The van der Waals surface area contributed by atoms with Crippen LogP contribution < -0.4 is 4.31 Å². The van der Waals surface area contributed by atoms with Crippen molar-refractivity contribution in [3.63, 3.8) is 0 Å². The highest BCUT2D eigenvalue weighted by atomic mass is 32.2. The summed E-state index contributed by atoms with van der Waals surface area (Å²) >= 11 is 0. The molecule has 4 rings (SSSR count). The second-order valence-electron chi connectivity index (χ2n) is 5.87. The van der Waals surface area contributed by atoms with Crippen LogP contribution in [-0.2, 0) is 10.0 Å². The maximum absolute atomic E-state index is 12.1. The second kappa shape index (κ2) is 5.09. The minimum Gasteiger partial charge on any atom is -0.360 e. The van der Waals surface area contributed by atoms with Crippen molar-refractivity contribution < 1.29 is 8.42 Å². The van der Waals surface area contributed by atoms with Crippen molar-refractivity contribution in [1.82, 2.24) is 9.97 Å². The van der Waals surface area contributed by atoms with Crippen LogP contribution in [0.4, 0.5) is 5.69 Å². The molecule has 0 spiro atoms. The van der Waals surface area contributed by atoms with Crippen LogP contribution in [0.15, 0.2) is 42.9 Å². The van der Waals surface area contributed by atoms with E-state index in [0.29, 0.717) is 13.0 Å². The van der Waals surface area contributed by atoms with E-state index in [1.165, 1.54) is 4.31 Å². The van der Waals surface area contributed by atoms with Crippen molar-refractivity contribution >= 4 is 26.6 Å². The number of aryl methyl sites for hydroxylation is 1. The predicted molar refractivity (Wildman–Crippen MR) is 92.0 cm³/mol. The highest BCUT2D eigenvalue weighted by Gasteiger charge is 2.29. The molecule has 0 saturated carbocycles. The van der Waals surface area contributed by atoms with Gasteiger partial charge in [-0.2, -0.15) is 0 Å². The largest absolute Gasteiger partial charge is 0.360 e. The fraction of sp³-hybridized carbons (Fsp3) is 0.235. The van der Waals surface area contributed by atoms with Crippen LogP contribution in [0, 0.1) is 6.92 Å².